The van der Waals surface area contributed by atoms with Crippen LogP contribution in [0, 0.1) is 0 Å². The largest absolute Gasteiger partial charge is 0.508 e. The van der Waals surface area contributed by atoms with Gasteiger partial charge in [-0.2, -0.15) is 0 Å². The number of nitrogens with one attached hydrogen (secondary N) is 2. The van der Waals surface area contributed by atoms with Gasteiger partial charge in [0.25, 0.3) is 5.91 Å². The first-order valence-electron chi connectivity index (χ1n) is 12.4. The third kappa shape index (κ3) is 5.51. The average molecular weight is 478 g/mol. The summed E-state index contributed by atoms with van der Waals surface area (Å²) in [5.74, 6) is -0.165. The Hall–Kier alpha value is -3.32. The summed E-state index contributed by atoms with van der Waals surface area (Å²) >= 11 is 0. The van der Waals surface area contributed by atoms with Gasteiger partial charge in [-0.1, -0.05) is 56.1 Å². The van der Waals surface area contributed by atoms with Gasteiger partial charge in [0.05, 0.1) is 11.1 Å². The maximum absolute atomic E-state index is 13.0. The predicted octanol–water partition coefficient (Wildman–Crippen LogP) is 5.71. The van der Waals surface area contributed by atoms with Crippen LogP contribution in [-0.2, 0) is 6.54 Å². The summed E-state index contributed by atoms with van der Waals surface area (Å²) in [5, 5.41) is 31.6. The number of hydrogen-bond donors (Lipinski definition) is 4. The third-order valence-corrected chi connectivity index (χ3v) is 6.53. The molecule has 0 atom stereocenters. The topological polar surface area (TPSA) is 108 Å². The molecule has 4 rings (SSSR count). The average Bonchev–Trinajstić information content (AvgIpc) is 3.48. The molecule has 0 saturated heterocycles. The third-order valence-electron chi connectivity index (χ3n) is 6.53. The van der Waals surface area contributed by atoms with Gasteiger partial charge in [-0.15, -0.1) is 0 Å². The monoisotopic (exact) mass is 477 g/mol. The van der Waals surface area contributed by atoms with Crippen LogP contribution >= 0.6 is 0 Å². The number of carbonyl (C=O) groups is 1. The van der Waals surface area contributed by atoms with Crippen LogP contribution < -0.4 is 10.6 Å². The second-order valence-corrected chi connectivity index (χ2v) is 10.0. The van der Waals surface area contributed by atoms with Crippen LogP contribution in [0.25, 0.3) is 22.5 Å². The van der Waals surface area contributed by atoms with E-state index >= 15 is 0 Å². The van der Waals surface area contributed by atoms with Gasteiger partial charge in [0.15, 0.2) is 11.5 Å². The van der Waals surface area contributed by atoms with E-state index in [1.165, 1.54) is 31.7 Å². The van der Waals surface area contributed by atoms with Crippen LogP contribution in [0.4, 0.5) is 0 Å². The summed E-state index contributed by atoms with van der Waals surface area (Å²) < 4.78 is 5.67. The number of phenols is 2. The van der Waals surface area contributed by atoms with Gasteiger partial charge in [0, 0.05) is 24.7 Å². The van der Waals surface area contributed by atoms with Crippen LogP contribution in [0.2, 0.25) is 0 Å². The fraction of sp³-hybridized carbons (Fsp3) is 0.429. The fourth-order valence-corrected chi connectivity index (χ4v) is 4.65. The number of phenolic OH excluding ortho intramolecular Hbond substituents is 2. The van der Waals surface area contributed by atoms with Crippen LogP contribution in [-0.4, -0.2) is 33.4 Å². The van der Waals surface area contributed by atoms with Crippen LogP contribution in [0.5, 0.6) is 11.5 Å². The van der Waals surface area contributed by atoms with E-state index < -0.39 is 0 Å². The second kappa shape index (κ2) is 10.5. The van der Waals surface area contributed by atoms with Crippen LogP contribution in [0.3, 0.4) is 0 Å². The van der Waals surface area contributed by atoms with Gasteiger partial charge in [0.2, 0.25) is 0 Å². The highest BCUT2D eigenvalue weighted by molar-refractivity contribution is 6.02. The van der Waals surface area contributed by atoms with Crippen molar-refractivity contribution in [3.8, 4) is 33.9 Å². The number of hydrogen-bond acceptors (Lipinski definition) is 6. The maximum Gasteiger partial charge on any atom is 0.274 e. The Balaban J connectivity index is 1.74. The van der Waals surface area contributed by atoms with Crippen molar-refractivity contribution in [1.29, 1.82) is 0 Å². The number of nitrogens with zero attached hydrogens (tertiary/aromatic N) is 1. The fourth-order valence-electron chi connectivity index (χ4n) is 4.65. The highest BCUT2D eigenvalue weighted by atomic mass is 16.5. The standard InChI is InChI=1S/C28H35N3O4/c1-16(2)21-13-22(24(33)14-23(21)32)27-25(26(31-35-27)28(34)30-17(3)4)19-11-9-18(10-12-19)15-29-20-7-5-6-8-20/h9-14,16-17,20,29,32-33H,5-8,15H2,1-4H3,(H,30,34). The Morgan fingerprint density at radius 3 is 2.37 bits per heavy atom. The zero-order valence-electron chi connectivity index (χ0n) is 20.9. The molecule has 1 fully saturated rings. The summed E-state index contributed by atoms with van der Waals surface area (Å²) in [6.45, 7) is 8.46. The van der Waals surface area contributed by atoms with E-state index in [9.17, 15) is 15.0 Å². The molecule has 1 amide bonds. The lowest BCUT2D eigenvalue weighted by Gasteiger charge is -2.14. The van der Waals surface area contributed by atoms with Crippen molar-refractivity contribution in [3.63, 3.8) is 0 Å². The van der Waals surface area contributed by atoms with Crippen LogP contribution in [0.15, 0.2) is 40.9 Å². The molecule has 1 aliphatic rings. The van der Waals surface area contributed by atoms with Crippen LogP contribution in [0.1, 0.15) is 80.9 Å². The summed E-state index contributed by atoms with van der Waals surface area (Å²) in [6.07, 6.45) is 5.03. The van der Waals surface area contributed by atoms with Crippen molar-refractivity contribution < 1.29 is 19.5 Å². The minimum atomic E-state index is -0.348. The number of aromatic hydroxyl groups is 2. The molecular formula is C28H35N3O4. The van der Waals surface area contributed by atoms with Gasteiger partial charge >= 0.3 is 0 Å². The first kappa shape index (κ1) is 24.8. The van der Waals surface area contributed by atoms with Crippen molar-refractivity contribution in [2.75, 3.05) is 0 Å². The maximum atomic E-state index is 13.0. The molecule has 2 aromatic carbocycles. The second-order valence-electron chi connectivity index (χ2n) is 10.0. The van der Waals surface area contributed by atoms with E-state index in [0.717, 1.165) is 17.7 Å². The molecule has 1 aliphatic carbocycles. The minimum absolute atomic E-state index is 0.0132. The lowest BCUT2D eigenvalue weighted by atomic mass is 9.94. The van der Waals surface area contributed by atoms with E-state index in [1.807, 2.05) is 52.0 Å². The Bertz CT molecular complexity index is 1180. The SMILES string of the molecule is CC(C)NC(=O)c1noc(-c2cc(C(C)C)c(O)cc2O)c1-c1ccc(CNC2CCCC2)cc1. The van der Waals surface area contributed by atoms with Crippen molar-refractivity contribution in [2.45, 2.75) is 77.9 Å². The van der Waals surface area contributed by atoms with E-state index in [2.05, 4.69) is 15.8 Å². The molecule has 0 unspecified atom stereocenters. The zero-order valence-corrected chi connectivity index (χ0v) is 20.9. The number of rotatable bonds is 8. The van der Waals surface area contributed by atoms with Gasteiger partial charge in [-0.05, 0) is 55.4 Å². The quantitative estimate of drug-likeness (QED) is 0.331. The highest BCUT2D eigenvalue weighted by Crippen LogP contribution is 2.43. The Labute approximate surface area is 206 Å². The molecule has 1 heterocycles. The van der Waals surface area contributed by atoms with E-state index in [0.29, 0.717) is 22.7 Å². The highest BCUT2D eigenvalue weighted by Gasteiger charge is 2.27. The summed E-state index contributed by atoms with van der Waals surface area (Å²) in [6, 6.07) is 11.5. The van der Waals surface area contributed by atoms with Crippen molar-refractivity contribution in [3.05, 3.63) is 53.2 Å². The number of aromatic nitrogens is 1. The molecule has 3 aromatic rings. The molecule has 7 heteroatoms. The van der Waals surface area contributed by atoms with Gasteiger partial charge in [0.1, 0.15) is 11.5 Å². The van der Waals surface area contributed by atoms with Crippen molar-refractivity contribution >= 4 is 5.91 Å². The summed E-state index contributed by atoms with van der Waals surface area (Å²) in [5.41, 5.74) is 3.63. The van der Waals surface area contributed by atoms with Crippen molar-refractivity contribution in [1.82, 2.24) is 15.8 Å². The first-order valence-corrected chi connectivity index (χ1v) is 12.4. The molecule has 0 spiro atoms. The number of benzene rings is 2. The molecule has 0 aliphatic heterocycles. The zero-order chi connectivity index (χ0) is 25.1. The molecule has 186 valence electrons. The Morgan fingerprint density at radius 2 is 1.74 bits per heavy atom. The normalized spacial score (nSPS) is 14.2. The van der Waals surface area contributed by atoms with Gasteiger partial charge in [-0.3, -0.25) is 4.79 Å². The molecule has 0 radical (unpaired) electrons. The number of amides is 1. The number of carbonyl (C=O) groups excluding carboxylic acids is 1. The lowest BCUT2D eigenvalue weighted by molar-refractivity contribution is 0.0934. The summed E-state index contributed by atoms with van der Waals surface area (Å²) in [4.78, 5) is 13.0. The predicted molar refractivity (Wildman–Crippen MR) is 136 cm³/mol. The van der Waals surface area contributed by atoms with E-state index in [1.54, 1.807) is 6.07 Å². The minimum Gasteiger partial charge on any atom is -0.508 e. The molecule has 1 saturated carbocycles. The van der Waals surface area contributed by atoms with Crippen molar-refractivity contribution in [2.24, 2.45) is 0 Å². The summed E-state index contributed by atoms with van der Waals surface area (Å²) in [7, 11) is 0. The molecule has 1 aromatic heterocycles. The lowest BCUT2D eigenvalue weighted by Crippen LogP contribution is -2.30. The molecule has 7 nitrogen and oxygen atoms in total. The molecular weight excluding hydrogens is 442 g/mol. The Morgan fingerprint density at radius 1 is 1.06 bits per heavy atom. The smallest absolute Gasteiger partial charge is 0.274 e. The van der Waals surface area contributed by atoms with Gasteiger partial charge < -0.3 is 25.4 Å². The van der Waals surface area contributed by atoms with Gasteiger partial charge in [-0.25, -0.2) is 0 Å². The molecule has 0 bridgehead atoms. The Kier molecular flexibility index (Phi) is 7.45. The van der Waals surface area contributed by atoms with E-state index in [-0.39, 0.29) is 40.8 Å². The molecule has 4 N–H and O–H groups in total. The molecule has 35 heavy (non-hydrogen) atoms. The first-order chi connectivity index (χ1) is 16.7. The van der Waals surface area contributed by atoms with E-state index in [4.69, 9.17) is 4.52 Å².